The third-order valence-electron chi connectivity index (χ3n) is 6.99. The molecular formula is C29H33Cl. The lowest BCUT2D eigenvalue weighted by atomic mass is 9.75. The van der Waals surface area contributed by atoms with Gasteiger partial charge in [-0.2, -0.15) is 0 Å². The van der Waals surface area contributed by atoms with Crippen molar-refractivity contribution in [2.75, 3.05) is 0 Å². The minimum absolute atomic E-state index is 0.687. The Morgan fingerprint density at radius 2 is 1.30 bits per heavy atom. The lowest BCUT2D eigenvalue weighted by Crippen LogP contribution is -2.16. The minimum Gasteiger partial charge on any atom is -0.0843 e. The number of aryl methyl sites for hydroxylation is 1. The summed E-state index contributed by atoms with van der Waals surface area (Å²) in [7, 11) is 0. The van der Waals surface area contributed by atoms with E-state index in [9.17, 15) is 0 Å². The van der Waals surface area contributed by atoms with E-state index in [1.165, 1.54) is 67.2 Å². The van der Waals surface area contributed by atoms with Gasteiger partial charge >= 0.3 is 0 Å². The van der Waals surface area contributed by atoms with Crippen LogP contribution in [-0.4, -0.2) is 0 Å². The van der Waals surface area contributed by atoms with Gasteiger partial charge in [-0.3, -0.25) is 0 Å². The van der Waals surface area contributed by atoms with E-state index in [0.29, 0.717) is 5.92 Å². The molecule has 0 aliphatic heterocycles. The van der Waals surface area contributed by atoms with Crippen LogP contribution in [0.1, 0.15) is 62.5 Å². The maximum absolute atomic E-state index is 6.00. The summed E-state index contributed by atoms with van der Waals surface area (Å²) in [6, 6.07) is 28.2. The van der Waals surface area contributed by atoms with Crippen molar-refractivity contribution in [1.82, 2.24) is 0 Å². The first-order valence-electron chi connectivity index (χ1n) is 11.6. The van der Waals surface area contributed by atoms with Gasteiger partial charge < -0.3 is 0 Å². The summed E-state index contributed by atoms with van der Waals surface area (Å²) >= 11 is 6.00. The molecule has 0 saturated heterocycles. The van der Waals surface area contributed by atoms with Crippen LogP contribution in [0.25, 0.3) is 11.1 Å². The topological polar surface area (TPSA) is 0 Å². The summed E-state index contributed by atoms with van der Waals surface area (Å²) in [6.07, 6.45) is 9.54. The highest BCUT2D eigenvalue weighted by Gasteiger charge is 2.23. The third kappa shape index (κ3) is 5.76. The van der Waals surface area contributed by atoms with Crippen LogP contribution in [0.3, 0.4) is 0 Å². The number of hydrogen-bond donors (Lipinski definition) is 0. The van der Waals surface area contributed by atoms with E-state index in [2.05, 4.69) is 73.7 Å². The van der Waals surface area contributed by atoms with Crippen LogP contribution < -0.4 is 0 Å². The lowest BCUT2D eigenvalue weighted by Gasteiger charge is -2.30. The van der Waals surface area contributed by atoms with E-state index in [-0.39, 0.29) is 0 Å². The second-order valence-electron chi connectivity index (χ2n) is 9.18. The Morgan fingerprint density at radius 3 is 1.93 bits per heavy atom. The summed E-state index contributed by atoms with van der Waals surface area (Å²) in [4.78, 5) is 0. The molecule has 1 atom stereocenters. The smallest absolute Gasteiger partial charge is 0.0406 e. The second kappa shape index (κ2) is 10.3. The summed E-state index contributed by atoms with van der Waals surface area (Å²) in [6.45, 7) is 2.40. The van der Waals surface area contributed by atoms with Crippen molar-refractivity contribution in [3.63, 3.8) is 0 Å². The van der Waals surface area contributed by atoms with Gasteiger partial charge in [0, 0.05) is 5.02 Å². The molecule has 0 aromatic heterocycles. The molecule has 0 nitrogen and oxygen atoms in total. The zero-order valence-corrected chi connectivity index (χ0v) is 18.8. The highest BCUT2D eigenvalue weighted by molar-refractivity contribution is 6.30. The normalized spacial score (nSPS) is 20.1. The largest absolute Gasteiger partial charge is 0.0843 e. The van der Waals surface area contributed by atoms with E-state index in [0.717, 1.165) is 16.9 Å². The second-order valence-corrected chi connectivity index (χ2v) is 9.61. The SMILES string of the molecule is C[C@H](CC1CCC(CCc2ccc(-c3ccc(Cl)cc3)cc2)CC1)c1ccccc1. The fourth-order valence-electron chi connectivity index (χ4n) is 5.05. The van der Waals surface area contributed by atoms with Crippen LogP contribution in [-0.2, 0) is 6.42 Å². The first-order valence-corrected chi connectivity index (χ1v) is 11.9. The van der Waals surface area contributed by atoms with Crippen molar-refractivity contribution in [1.29, 1.82) is 0 Å². The van der Waals surface area contributed by atoms with Gasteiger partial charge in [0.05, 0.1) is 0 Å². The minimum atomic E-state index is 0.687. The average Bonchev–Trinajstić information content (AvgIpc) is 2.80. The summed E-state index contributed by atoms with van der Waals surface area (Å²) in [5.74, 6) is 2.51. The monoisotopic (exact) mass is 416 g/mol. The average molecular weight is 417 g/mol. The van der Waals surface area contributed by atoms with Gasteiger partial charge in [-0.15, -0.1) is 0 Å². The van der Waals surface area contributed by atoms with Gasteiger partial charge in [0.25, 0.3) is 0 Å². The predicted molar refractivity (Wildman–Crippen MR) is 130 cm³/mol. The first-order chi connectivity index (χ1) is 14.7. The number of hydrogen-bond acceptors (Lipinski definition) is 0. The fourth-order valence-corrected chi connectivity index (χ4v) is 5.18. The Morgan fingerprint density at radius 1 is 0.733 bits per heavy atom. The zero-order chi connectivity index (χ0) is 20.8. The molecule has 4 rings (SSSR count). The molecule has 0 amide bonds. The molecule has 1 aliphatic carbocycles. The molecule has 3 aromatic carbocycles. The molecule has 1 fully saturated rings. The van der Waals surface area contributed by atoms with Gasteiger partial charge in [0.2, 0.25) is 0 Å². The van der Waals surface area contributed by atoms with Crippen molar-refractivity contribution in [2.45, 2.75) is 57.8 Å². The molecule has 0 radical (unpaired) electrons. The maximum Gasteiger partial charge on any atom is 0.0406 e. The summed E-state index contributed by atoms with van der Waals surface area (Å²) in [5.41, 5.74) is 5.46. The molecule has 30 heavy (non-hydrogen) atoms. The molecule has 0 unspecified atom stereocenters. The van der Waals surface area contributed by atoms with Crippen molar-refractivity contribution in [3.05, 3.63) is 95.0 Å². The Bertz CT molecular complexity index is 887. The van der Waals surface area contributed by atoms with Crippen LogP contribution in [0, 0.1) is 11.8 Å². The summed E-state index contributed by atoms with van der Waals surface area (Å²) < 4.78 is 0. The molecule has 1 aliphatic rings. The summed E-state index contributed by atoms with van der Waals surface area (Å²) in [5, 5.41) is 0.791. The van der Waals surface area contributed by atoms with Crippen molar-refractivity contribution < 1.29 is 0 Å². The van der Waals surface area contributed by atoms with Crippen LogP contribution >= 0.6 is 11.6 Å². The van der Waals surface area contributed by atoms with Gasteiger partial charge in [0.15, 0.2) is 0 Å². The van der Waals surface area contributed by atoms with Gasteiger partial charge in [-0.25, -0.2) is 0 Å². The van der Waals surface area contributed by atoms with Crippen molar-refractivity contribution in [2.24, 2.45) is 11.8 Å². The molecule has 1 saturated carbocycles. The van der Waals surface area contributed by atoms with Gasteiger partial charge in [-0.1, -0.05) is 111 Å². The maximum atomic E-state index is 6.00. The van der Waals surface area contributed by atoms with E-state index in [1.54, 1.807) is 0 Å². The molecule has 1 heteroatoms. The molecule has 0 heterocycles. The van der Waals surface area contributed by atoms with Crippen LogP contribution in [0.15, 0.2) is 78.9 Å². The van der Waals surface area contributed by atoms with Crippen LogP contribution in [0.2, 0.25) is 5.02 Å². The van der Waals surface area contributed by atoms with Gasteiger partial charge in [0.1, 0.15) is 0 Å². The lowest BCUT2D eigenvalue weighted by molar-refractivity contribution is 0.245. The molecule has 3 aromatic rings. The third-order valence-corrected chi connectivity index (χ3v) is 7.25. The van der Waals surface area contributed by atoms with E-state index in [1.807, 2.05) is 12.1 Å². The molecule has 0 bridgehead atoms. The predicted octanol–water partition coefficient (Wildman–Crippen LogP) is 8.94. The first kappa shape index (κ1) is 21.2. The van der Waals surface area contributed by atoms with E-state index >= 15 is 0 Å². The Kier molecular flexibility index (Phi) is 7.28. The highest BCUT2D eigenvalue weighted by Crippen LogP contribution is 2.37. The molecule has 156 valence electrons. The van der Waals surface area contributed by atoms with Gasteiger partial charge in [-0.05, 0) is 71.4 Å². The molecule has 0 N–H and O–H groups in total. The number of benzene rings is 3. The fraction of sp³-hybridized carbons (Fsp3) is 0.379. The van der Waals surface area contributed by atoms with Crippen LogP contribution in [0.5, 0.6) is 0 Å². The Labute approximate surface area is 187 Å². The van der Waals surface area contributed by atoms with E-state index in [4.69, 9.17) is 11.6 Å². The van der Waals surface area contributed by atoms with Crippen LogP contribution in [0.4, 0.5) is 0 Å². The van der Waals surface area contributed by atoms with Crippen molar-refractivity contribution >= 4 is 11.6 Å². The standard InChI is InChI=1S/C29H33Cl/c1-22(26-5-3-2-4-6-26)21-25-11-9-23(10-12-25)7-8-24-13-15-27(16-14-24)28-17-19-29(30)20-18-28/h2-6,13-20,22-23,25H,7-12,21H2,1H3/t22-,23?,25?/m1/s1. The van der Waals surface area contributed by atoms with Crippen molar-refractivity contribution in [3.8, 4) is 11.1 Å². The molecule has 0 spiro atoms. The zero-order valence-electron chi connectivity index (χ0n) is 18.1. The number of rotatable bonds is 7. The highest BCUT2D eigenvalue weighted by atomic mass is 35.5. The molecular weight excluding hydrogens is 384 g/mol. The number of halogens is 1. The Balaban J connectivity index is 1.21. The van der Waals surface area contributed by atoms with E-state index < -0.39 is 0 Å². The Hall–Kier alpha value is -2.05. The quantitative estimate of drug-likeness (QED) is 0.360.